The van der Waals surface area contributed by atoms with E-state index in [1.165, 1.54) is 0 Å². The van der Waals surface area contributed by atoms with Crippen LogP contribution in [0.3, 0.4) is 0 Å². The minimum absolute atomic E-state index is 0.0406. The first-order chi connectivity index (χ1) is 7.74. The average Bonchev–Trinajstić information content (AvgIpc) is 2.63. The molecule has 2 atom stereocenters. The van der Waals surface area contributed by atoms with Crippen LogP contribution in [-0.2, 0) is 14.3 Å². The first-order valence-electron chi connectivity index (χ1n) is 5.03. The highest BCUT2D eigenvalue weighted by Gasteiger charge is 2.58. The summed E-state index contributed by atoms with van der Waals surface area (Å²) in [5.74, 6) is -1.70. The maximum atomic E-state index is 12.0. The second kappa shape index (κ2) is 3.59. The number of ether oxygens (including phenoxy) is 1. The number of carbonyl (C=O) groups excluding carboxylic acids is 1. The largest absolute Gasteiger partial charge is 0.522 e. The van der Waals surface area contributed by atoms with Crippen LogP contribution in [0.5, 0.6) is 0 Å². The Balaban J connectivity index is 2.17. The Morgan fingerprint density at radius 1 is 1.53 bits per heavy atom. The topological polar surface area (TPSA) is 66.8 Å². The van der Waals surface area contributed by atoms with Gasteiger partial charge in [0, 0.05) is 19.4 Å². The Morgan fingerprint density at radius 3 is 2.65 bits per heavy atom. The van der Waals surface area contributed by atoms with Gasteiger partial charge in [0.2, 0.25) is 5.91 Å². The fourth-order valence-electron chi connectivity index (χ4n) is 2.53. The number of hydrogen-bond donors (Lipinski definition) is 1. The standard InChI is InChI=1S/C9H10F3NO4/c10-9(11,12)17-5-3-8(7(15)16)2-1-6(14)13(8)4-5/h5H,1-4H2,(H,15,16). The summed E-state index contributed by atoms with van der Waals surface area (Å²) in [4.78, 5) is 23.5. The number of rotatable bonds is 2. The summed E-state index contributed by atoms with van der Waals surface area (Å²) in [6.45, 7) is -0.315. The smallest absolute Gasteiger partial charge is 0.479 e. The van der Waals surface area contributed by atoms with Crippen LogP contribution in [0.4, 0.5) is 13.2 Å². The summed E-state index contributed by atoms with van der Waals surface area (Å²) in [6, 6.07) is 0. The molecule has 0 aliphatic carbocycles. The van der Waals surface area contributed by atoms with Crippen LogP contribution in [-0.4, -0.2) is 46.4 Å². The molecule has 1 amide bonds. The predicted molar refractivity (Wildman–Crippen MR) is 46.9 cm³/mol. The zero-order valence-corrected chi connectivity index (χ0v) is 8.66. The molecule has 0 bridgehead atoms. The molecular weight excluding hydrogens is 243 g/mol. The number of carboxylic acid groups (broad SMARTS) is 1. The number of fused-ring (bicyclic) bond motifs is 1. The van der Waals surface area contributed by atoms with Crippen molar-refractivity contribution in [3.05, 3.63) is 0 Å². The number of halogens is 3. The highest BCUT2D eigenvalue weighted by Crippen LogP contribution is 2.42. The van der Waals surface area contributed by atoms with Gasteiger partial charge in [-0.3, -0.25) is 9.53 Å². The molecule has 0 aromatic heterocycles. The van der Waals surface area contributed by atoms with Crippen LogP contribution < -0.4 is 0 Å². The van der Waals surface area contributed by atoms with E-state index in [4.69, 9.17) is 5.11 Å². The molecule has 5 nitrogen and oxygen atoms in total. The van der Waals surface area contributed by atoms with Gasteiger partial charge in [0.15, 0.2) is 0 Å². The Bertz CT molecular complexity index is 370. The van der Waals surface area contributed by atoms with Crippen LogP contribution in [0.2, 0.25) is 0 Å². The Hall–Kier alpha value is -1.31. The van der Waals surface area contributed by atoms with Crippen LogP contribution >= 0.6 is 0 Å². The van der Waals surface area contributed by atoms with E-state index in [2.05, 4.69) is 4.74 Å². The van der Waals surface area contributed by atoms with Crippen LogP contribution in [0, 0.1) is 0 Å². The summed E-state index contributed by atoms with van der Waals surface area (Å²) < 4.78 is 39.9. The normalized spacial score (nSPS) is 33.0. The third-order valence-corrected chi connectivity index (χ3v) is 3.22. The van der Waals surface area contributed by atoms with Crippen LogP contribution in [0.25, 0.3) is 0 Å². The summed E-state index contributed by atoms with van der Waals surface area (Å²) in [6.07, 6.45) is -6.32. The maximum Gasteiger partial charge on any atom is 0.522 e. The summed E-state index contributed by atoms with van der Waals surface area (Å²) in [7, 11) is 0. The molecule has 17 heavy (non-hydrogen) atoms. The van der Waals surface area contributed by atoms with E-state index in [1.54, 1.807) is 0 Å². The van der Waals surface area contributed by atoms with E-state index < -0.39 is 29.9 Å². The molecular formula is C9H10F3NO4. The number of hydrogen-bond acceptors (Lipinski definition) is 3. The first-order valence-corrected chi connectivity index (χ1v) is 5.03. The molecule has 2 heterocycles. The predicted octanol–water partition coefficient (Wildman–Crippen LogP) is 0.741. The number of aliphatic carboxylic acids is 1. The molecule has 0 saturated carbocycles. The first kappa shape index (κ1) is 12.2. The van der Waals surface area contributed by atoms with Crippen molar-refractivity contribution in [2.45, 2.75) is 37.3 Å². The average molecular weight is 253 g/mol. The van der Waals surface area contributed by atoms with E-state index in [9.17, 15) is 22.8 Å². The zero-order valence-electron chi connectivity index (χ0n) is 8.66. The quantitative estimate of drug-likeness (QED) is 0.788. The Labute approximate surface area is 94.1 Å². The molecule has 0 radical (unpaired) electrons. The maximum absolute atomic E-state index is 12.0. The molecule has 96 valence electrons. The lowest BCUT2D eigenvalue weighted by molar-refractivity contribution is -0.340. The van der Waals surface area contributed by atoms with E-state index in [0.717, 1.165) is 4.90 Å². The number of alkyl halides is 3. The van der Waals surface area contributed by atoms with Gasteiger partial charge in [0.1, 0.15) is 5.54 Å². The van der Waals surface area contributed by atoms with Gasteiger partial charge in [-0.15, -0.1) is 13.2 Å². The van der Waals surface area contributed by atoms with Crippen molar-refractivity contribution >= 4 is 11.9 Å². The molecule has 2 aliphatic heterocycles. The summed E-state index contributed by atoms with van der Waals surface area (Å²) in [5, 5.41) is 9.08. The molecule has 8 heteroatoms. The molecule has 2 unspecified atom stereocenters. The van der Waals surface area contributed by atoms with Gasteiger partial charge in [0.05, 0.1) is 6.10 Å². The summed E-state index contributed by atoms with van der Waals surface area (Å²) in [5.41, 5.74) is -1.51. The van der Waals surface area contributed by atoms with Gasteiger partial charge in [0.25, 0.3) is 0 Å². The molecule has 2 rings (SSSR count). The Morgan fingerprint density at radius 2 is 2.18 bits per heavy atom. The minimum atomic E-state index is -4.81. The lowest BCUT2D eigenvalue weighted by Crippen LogP contribution is -2.47. The summed E-state index contributed by atoms with van der Waals surface area (Å²) >= 11 is 0. The van der Waals surface area contributed by atoms with Crippen molar-refractivity contribution in [2.24, 2.45) is 0 Å². The van der Waals surface area contributed by atoms with Gasteiger partial charge in [-0.2, -0.15) is 0 Å². The van der Waals surface area contributed by atoms with Crippen molar-refractivity contribution < 1.29 is 32.6 Å². The molecule has 0 spiro atoms. The fraction of sp³-hybridized carbons (Fsp3) is 0.778. The van der Waals surface area contributed by atoms with Crippen LogP contribution in [0.1, 0.15) is 19.3 Å². The highest BCUT2D eigenvalue weighted by molar-refractivity contribution is 5.91. The van der Waals surface area contributed by atoms with E-state index in [1.807, 2.05) is 0 Å². The monoisotopic (exact) mass is 253 g/mol. The molecule has 2 fully saturated rings. The molecule has 2 saturated heterocycles. The number of amides is 1. The highest BCUT2D eigenvalue weighted by atomic mass is 19.4. The van der Waals surface area contributed by atoms with Crippen molar-refractivity contribution in [2.75, 3.05) is 6.54 Å². The fourth-order valence-corrected chi connectivity index (χ4v) is 2.53. The van der Waals surface area contributed by atoms with Crippen LogP contribution in [0.15, 0.2) is 0 Å². The number of nitrogens with zero attached hydrogens (tertiary/aromatic N) is 1. The van der Waals surface area contributed by atoms with Crippen molar-refractivity contribution in [3.63, 3.8) is 0 Å². The zero-order chi connectivity index (χ0) is 12.8. The second-order valence-electron chi connectivity index (χ2n) is 4.23. The second-order valence-corrected chi connectivity index (χ2v) is 4.23. The Kier molecular flexibility index (Phi) is 2.57. The molecule has 1 N–H and O–H groups in total. The molecule has 2 aliphatic rings. The van der Waals surface area contributed by atoms with Gasteiger partial charge >= 0.3 is 12.3 Å². The SMILES string of the molecule is O=C1CCC2(C(=O)O)CC(OC(F)(F)F)CN12. The van der Waals surface area contributed by atoms with E-state index in [-0.39, 0.29) is 25.8 Å². The third-order valence-electron chi connectivity index (χ3n) is 3.22. The number of carbonyl (C=O) groups is 2. The van der Waals surface area contributed by atoms with Crippen molar-refractivity contribution in [3.8, 4) is 0 Å². The van der Waals surface area contributed by atoms with Crippen molar-refractivity contribution in [1.82, 2.24) is 4.90 Å². The molecule has 0 aromatic carbocycles. The van der Waals surface area contributed by atoms with Gasteiger partial charge in [-0.05, 0) is 6.42 Å². The van der Waals surface area contributed by atoms with Gasteiger partial charge < -0.3 is 10.0 Å². The van der Waals surface area contributed by atoms with Crippen molar-refractivity contribution in [1.29, 1.82) is 0 Å². The van der Waals surface area contributed by atoms with E-state index in [0.29, 0.717) is 0 Å². The molecule has 0 aromatic rings. The lowest BCUT2D eigenvalue weighted by Gasteiger charge is -2.26. The van der Waals surface area contributed by atoms with Gasteiger partial charge in [-0.25, -0.2) is 4.79 Å². The third kappa shape index (κ3) is 1.97. The van der Waals surface area contributed by atoms with E-state index >= 15 is 0 Å². The lowest BCUT2D eigenvalue weighted by atomic mass is 9.93. The van der Waals surface area contributed by atoms with Gasteiger partial charge in [-0.1, -0.05) is 0 Å². The minimum Gasteiger partial charge on any atom is -0.479 e. The number of carboxylic acids is 1.